The van der Waals surface area contributed by atoms with Gasteiger partial charge in [0.15, 0.2) is 5.16 Å². The fourth-order valence-electron chi connectivity index (χ4n) is 1.96. The first-order chi connectivity index (χ1) is 10.5. The first-order valence-corrected chi connectivity index (χ1v) is 8.23. The summed E-state index contributed by atoms with van der Waals surface area (Å²) in [7, 11) is 0. The number of anilines is 2. The van der Waals surface area contributed by atoms with E-state index in [9.17, 15) is 5.26 Å². The Morgan fingerprint density at radius 3 is 2.73 bits per heavy atom. The summed E-state index contributed by atoms with van der Waals surface area (Å²) in [6.45, 7) is 4.96. The van der Waals surface area contributed by atoms with Gasteiger partial charge in [-0.1, -0.05) is 37.7 Å². The number of nitrogen functional groups attached to an aromatic ring is 1. The van der Waals surface area contributed by atoms with Gasteiger partial charge < -0.3 is 11.1 Å². The van der Waals surface area contributed by atoms with Crippen molar-refractivity contribution in [2.75, 3.05) is 23.9 Å². The summed E-state index contributed by atoms with van der Waals surface area (Å²) in [5, 5.41) is 13.4. The predicted molar refractivity (Wildman–Crippen MR) is 91.7 cm³/mol. The van der Waals surface area contributed by atoms with E-state index in [1.54, 1.807) is 0 Å². The van der Waals surface area contributed by atoms with Gasteiger partial charge in [0.25, 0.3) is 0 Å². The Hall–Kier alpha value is -2.26. The zero-order valence-corrected chi connectivity index (χ0v) is 13.7. The van der Waals surface area contributed by atoms with Gasteiger partial charge in [-0.15, -0.1) is 0 Å². The average Bonchev–Trinajstić information content (AvgIpc) is 2.51. The Bertz CT molecular complexity index is 706. The van der Waals surface area contributed by atoms with Crippen molar-refractivity contribution in [1.29, 1.82) is 5.26 Å². The van der Waals surface area contributed by atoms with Crippen LogP contribution in [-0.4, -0.2) is 22.8 Å². The molecule has 0 radical (unpaired) electrons. The van der Waals surface area contributed by atoms with Crippen LogP contribution < -0.4 is 11.1 Å². The van der Waals surface area contributed by atoms with E-state index in [0.717, 1.165) is 12.1 Å². The highest BCUT2D eigenvalue weighted by Crippen LogP contribution is 2.29. The fraction of sp³-hybridized carbons (Fsp3) is 0.312. The number of nitrogens with one attached hydrogen (secondary N) is 1. The molecule has 0 fully saturated rings. The summed E-state index contributed by atoms with van der Waals surface area (Å²) < 4.78 is 0. The van der Waals surface area contributed by atoms with Crippen LogP contribution in [0.5, 0.6) is 0 Å². The largest absolute Gasteiger partial charge is 0.399 e. The predicted octanol–water partition coefficient (Wildman–Crippen LogP) is 3.39. The number of rotatable bonds is 5. The topological polar surface area (TPSA) is 87.6 Å². The van der Waals surface area contributed by atoms with E-state index in [4.69, 9.17) is 5.73 Å². The maximum absolute atomic E-state index is 9.55. The summed E-state index contributed by atoms with van der Waals surface area (Å²) in [6.07, 6.45) is 1.91. The Labute approximate surface area is 135 Å². The molecule has 0 unspecified atom stereocenters. The van der Waals surface area contributed by atoms with Crippen LogP contribution in [-0.2, 0) is 0 Å². The number of hydrogen-bond acceptors (Lipinski definition) is 6. The zero-order chi connectivity index (χ0) is 16.1. The van der Waals surface area contributed by atoms with Gasteiger partial charge in [0.2, 0.25) is 0 Å². The molecule has 1 aromatic carbocycles. The maximum Gasteiger partial charge on any atom is 0.189 e. The number of nitrogens with zero attached hydrogens (tertiary/aromatic N) is 3. The molecule has 1 aromatic heterocycles. The first-order valence-electron chi connectivity index (χ1n) is 7.01. The fourth-order valence-corrected chi connectivity index (χ4v) is 2.33. The summed E-state index contributed by atoms with van der Waals surface area (Å²) in [5.74, 6) is 1.03. The highest BCUT2D eigenvalue weighted by Gasteiger charge is 2.16. The van der Waals surface area contributed by atoms with Crippen molar-refractivity contribution in [1.82, 2.24) is 9.97 Å². The second kappa shape index (κ2) is 7.14. The van der Waals surface area contributed by atoms with Gasteiger partial charge in [-0.3, -0.25) is 0 Å². The minimum atomic E-state index is 0.448. The van der Waals surface area contributed by atoms with Crippen LogP contribution in [0.25, 0.3) is 11.3 Å². The summed E-state index contributed by atoms with van der Waals surface area (Å²) in [4.78, 5) is 8.92. The number of nitriles is 1. The molecule has 0 saturated carbocycles. The van der Waals surface area contributed by atoms with Crippen molar-refractivity contribution in [2.24, 2.45) is 5.92 Å². The number of aromatic nitrogens is 2. The molecular formula is C16H19N5S. The number of nitrogens with two attached hydrogens (primary N) is 1. The van der Waals surface area contributed by atoms with Crippen molar-refractivity contribution in [3.05, 3.63) is 29.8 Å². The average molecular weight is 313 g/mol. The molecule has 2 rings (SSSR count). The van der Waals surface area contributed by atoms with Gasteiger partial charge >= 0.3 is 0 Å². The normalized spacial score (nSPS) is 10.5. The summed E-state index contributed by atoms with van der Waals surface area (Å²) >= 11 is 1.45. The maximum atomic E-state index is 9.55. The monoisotopic (exact) mass is 313 g/mol. The first kappa shape index (κ1) is 16.1. The van der Waals surface area contributed by atoms with Gasteiger partial charge in [-0.2, -0.15) is 5.26 Å². The molecular weight excluding hydrogens is 294 g/mol. The standard InChI is InChI=1S/C16H19N5S/c1-10(2)9-19-15-13(8-17)14(20-16(21-15)22-3)11-5-4-6-12(18)7-11/h4-7,10H,9,18H2,1-3H3,(H,19,20,21). The molecule has 2 aromatic rings. The van der Waals surface area contributed by atoms with Gasteiger partial charge in [-0.25, -0.2) is 9.97 Å². The van der Waals surface area contributed by atoms with Crippen molar-refractivity contribution in [3.63, 3.8) is 0 Å². The highest BCUT2D eigenvalue weighted by atomic mass is 32.2. The third-order valence-corrected chi connectivity index (χ3v) is 3.57. The molecule has 0 aliphatic rings. The van der Waals surface area contributed by atoms with Crippen LogP contribution in [0.3, 0.4) is 0 Å². The Balaban J connectivity index is 2.57. The molecule has 0 amide bonds. The molecule has 114 valence electrons. The van der Waals surface area contributed by atoms with Crippen molar-refractivity contribution in [3.8, 4) is 17.3 Å². The third kappa shape index (κ3) is 3.68. The second-order valence-electron chi connectivity index (χ2n) is 5.29. The molecule has 0 saturated heterocycles. The third-order valence-electron chi connectivity index (χ3n) is 3.02. The molecule has 1 heterocycles. The van der Waals surface area contributed by atoms with E-state index in [1.807, 2.05) is 30.5 Å². The Morgan fingerprint density at radius 2 is 2.14 bits per heavy atom. The molecule has 0 spiro atoms. The van der Waals surface area contributed by atoms with Crippen LogP contribution >= 0.6 is 11.8 Å². The molecule has 22 heavy (non-hydrogen) atoms. The van der Waals surface area contributed by atoms with Gasteiger partial charge in [-0.05, 0) is 24.3 Å². The van der Waals surface area contributed by atoms with E-state index < -0.39 is 0 Å². The van der Waals surface area contributed by atoms with Gasteiger partial charge in [0, 0.05) is 17.8 Å². The van der Waals surface area contributed by atoms with Gasteiger partial charge in [0.05, 0.1) is 5.69 Å². The molecule has 0 bridgehead atoms. The summed E-state index contributed by atoms with van der Waals surface area (Å²) in [5.41, 5.74) is 8.37. The lowest BCUT2D eigenvalue weighted by Gasteiger charge is -2.13. The van der Waals surface area contributed by atoms with Crippen LogP contribution in [0.4, 0.5) is 11.5 Å². The van der Waals surface area contributed by atoms with E-state index in [1.165, 1.54) is 11.8 Å². The lowest BCUT2D eigenvalue weighted by molar-refractivity contribution is 0.685. The van der Waals surface area contributed by atoms with E-state index in [0.29, 0.717) is 33.8 Å². The van der Waals surface area contributed by atoms with E-state index >= 15 is 0 Å². The molecule has 0 aliphatic carbocycles. The Kier molecular flexibility index (Phi) is 5.23. The zero-order valence-electron chi connectivity index (χ0n) is 12.9. The van der Waals surface area contributed by atoms with Crippen LogP contribution in [0.15, 0.2) is 29.4 Å². The van der Waals surface area contributed by atoms with E-state index in [-0.39, 0.29) is 0 Å². The highest BCUT2D eigenvalue weighted by molar-refractivity contribution is 7.98. The molecule has 3 N–H and O–H groups in total. The van der Waals surface area contributed by atoms with Crippen LogP contribution in [0.2, 0.25) is 0 Å². The minimum absolute atomic E-state index is 0.448. The number of hydrogen-bond donors (Lipinski definition) is 2. The van der Waals surface area contributed by atoms with Crippen molar-refractivity contribution >= 4 is 23.3 Å². The number of thioether (sulfide) groups is 1. The lowest BCUT2D eigenvalue weighted by atomic mass is 10.1. The SMILES string of the molecule is CSc1nc(NCC(C)C)c(C#N)c(-c2cccc(N)c2)n1. The second-order valence-corrected chi connectivity index (χ2v) is 6.07. The summed E-state index contributed by atoms with van der Waals surface area (Å²) in [6, 6.07) is 9.60. The van der Waals surface area contributed by atoms with Crippen LogP contribution in [0.1, 0.15) is 19.4 Å². The molecule has 0 atom stereocenters. The molecule has 5 nitrogen and oxygen atoms in total. The quantitative estimate of drug-likeness (QED) is 0.500. The van der Waals surface area contributed by atoms with E-state index in [2.05, 4.69) is 35.2 Å². The molecule has 0 aliphatic heterocycles. The Morgan fingerprint density at radius 1 is 1.36 bits per heavy atom. The lowest BCUT2D eigenvalue weighted by Crippen LogP contribution is -2.12. The smallest absolute Gasteiger partial charge is 0.189 e. The van der Waals surface area contributed by atoms with Crippen molar-refractivity contribution in [2.45, 2.75) is 19.0 Å². The molecule has 6 heteroatoms. The minimum Gasteiger partial charge on any atom is -0.399 e. The number of benzene rings is 1. The van der Waals surface area contributed by atoms with Gasteiger partial charge in [0.1, 0.15) is 17.5 Å². The van der Waals surface area contributed by atoms with Crippen LogP contribution in [0, 0.1) is 17.2 Å². The van der Waals surface area contributed by atoms with Crippen molar-refractivity contribution < 1.29 is 0 Å².